The summed E-state index contributed by atoms with van der Waals surface area (Å²) in [4.78, 5) is 0.0112. The molecular formula is C13H11N3O4S. The average molecular weight is 305 g/mol. The second-order valence-corrected chi connectivity index (χ2v) is 5.87. The summed E-state index contributed by atoms with van der Waals surface area (Å²) in [6.45, 7) is 0. The predicted molar refractivity (Wildman–Crippen MR) is 75.6 cm³/mol. The number of nitrogens with zero attached hydrogens (tertiary/aromatic N) is 2. The Hall–Kier alpha value is -2.61. The molecule has 0 aliphatic heterocycles. The van der Waals surface area contributed by atoms with Gasteiger partial charge in [0.05, 0.1) is 7.11 Å². The number of aromatic nitrogens is 2. The third kappa shape index (κ3) is 2.52. The largest absolute Gasteiger partial charge is 0.497 e. The Balaban J connectivity index is 1.98. The second kappa shape index (κ2) is 5.06. The molecule has 3 aromatic rings. The van der Waals surface area contributed by atoms with Crippen molar-refractivity contribution >= 4 is 26.7 Å². The van der Waals surface area contributed by atoms with Crippen LogP contribution in [-0.4, -0.2) is 25.8 Å². The molecule has 0 spiro atoms. The number of hydrogen-bond donors (Lipinski definition) is 1. The highest BCUT2D eigenvalue weighted by Crippen LogP contribution is 2.23. The Bertz CT molecular complexity index is 872. The average Bonchev–Trinajstić information content (AvgIpc) is 2.95. The molecule has 0 aliphatic rings. The molecule has 0 saturated heterocycles. The zero-order valence-electron chi connectivity index (χ0n) is 11.0. The van der Waals surface area contributed by atoms with E-state index < -0.39 is 10.0 Å². The molecule has 2 aromatic carbocycles. The van der Waals surface area contributed by atoms with Crippen LogP contribution in [0.4, 0.5) is 5.69 Å². The molecule has 108 valence electrons. The molecule has 0 fully saturated rings. The van der Waals surface area contributed by atoms with Gasteiger partial charge in [-0.15, -0.1) is 0 Å². The highest BCUT2D eigenvalue weighted by molar-refractivity contribution is 7.93. The van der Waals surface area contributed by atoms with E-state index >= 15 is 0 Å². The molecule has 0 aliphatic carbocycles. The van der Waals surface area contributed by atoms with E-state index in [-0.39, 0.29) is 10.4 Å². The first-order valence-electron chi connectivity index (χ1n) is 5.98. The van der Waals surface area contributed by atoms with E-state index in [2.05, 4.69) is 19.7 Å². The zero-order valence-corrected chi connectivity index (χ0v) is 11.8. The summed E-state index contributed by atoms with van der Waals surface area (Å²) in [5.74, 6) is 0.640. The van der Waals surface area contributed by atoms with E-state index in [9.17, 15) is 8.42 Å². The minimum absolute atomic E-state index is 0.0112. The maximum Gasteiger partial charge on any atom is 0.264 e. The van der Waals surface area contributed by atoms with Gasteiger partial charge in [0.2, 0.25) is 0 Å². The molecule has 21 heavy (non-hydrogen) atoms. The molecule has 0 amide bonds. The first-order valence-corrected chi connectivity index (χ1v) is 7.46. The van der Waals surface area contributed by atoms with Crippen LogP contribution in [0.5, 0.6) is 5.75 Å². The van der Waals surface area contributed by atoms with Gasteiger partial charge in [-0.3, -0.25) is 4.72 Å². The first kappa shape index (κ1) is 13.4. The Morgan fingerprint density at radius 3 is 2.57 bits per heavy atom. The summed E-state index contributed by atoms with van der Waals surface area (Å²) in [5.41, 5.74) is 0.996. The highest BCUT2D eigenvalue weighted by Gasteiger charge is 2.20. The van der Waals surface area contributed by atoms with Crippen LogP contribution in [0, 0.1) is 0 Å². The molecule has 0 saturated carbocycles. The Labute approximate surface area is 120 Å². The van der Waals surface area contributed by atoms with Crippen molar-refractivity contribution in [1.29, 1.82) is 0 Å². The van der Waals surface area contributed by atoms with Gasteiger partial charge in [-0.1, -0.05) is 6.07 Å². The lowest BCUT2D eigenvalue weighted by Gasteiger charge is -2.08. The van der Waals surface area contributed by atoms with Crippen LogP contribution >= 0.6 is 0 Å². The fraction of sp³-hybridized carbons (Fsp3) is 0.0769. The summed E-state index contributed by atoms with van der Waals surface area (Å²) in [5, 5.41) is 7.26. The van der Waals surface area contributed by atoms with E-state index in [1.54, 1.807) is 36.4 Å². The second-order valence-electron chi connectivity index (χ2n) is 4.22. The normalized spacial score (nSPS) is 11.5. The zero-order chi connectivity index (χ0) is 14.9. The van der Waals surface area contributed by atoms with E-state index in [1.807, 2.05) is 0 Å². The van der Waals surface area contributed by atoms with Gasteiger partial charge in [-0.05, 0) is 46.7 Å². The predicted octanol–water partition coefficient (Wildman–Crippen LogP) is 2.03. The van der Waals surface area contributed by atoms with Crippen LogP contribution in [-0.2, 0) is 10.0 Å². The molecule has 1 heterocycles. The number of sulfonamides is 1. The van der Waals surface area contributed by atoms with E-state index in [0.717, 1.165) is 0 Å². The van der Waals surface area contributed by atoms with Crippen molar-refractivity contribution in [2.45, 2.75) is 4.90 Å². The summed E-state index contributed by atoms with van der Waals surface area (Å²) in [6, 6.07) is 11.2. The molecule has 0 radical (unpaired) electrons. The quantitative estimate of drug-likeness (QED) is 0.792. The monoisotopic (exact) mass is 305 g/mol. The van der Waals surface area contributed by atoms with E-state index in [4.69, 9.17) is 4.74 Å². The summed E-state index contributed by atoms with van der Waals surface area (Å²) in [6.07, 6.45) is 0. The fourth-order valence-electron chi connectivity index (χ4n) is 1.87. The molecule has 7 nitrogen and oxygen atoms in total. The molecule has 0 atom stereocenters. The van der Waals surface area contributed by atoms with Crippen LogP contribution in [0.15, 0.2) is 52.0 Å². The minimum atomic E-state index is -3.78. The van der Waals surface area contributed by atoms with Crippen molar-refractivity contribution < 1.29 is 17.8 Å². The van der Waals surface area contributed by atoms with Crippen molar-refractivity contribution in [3.63, 3.8) is 0 Å². The Morgan fingerprint density at radius 2 is 1.86 bits per heavy atom. The number of anilines is 1. The third-order valence-corrected chi connectivity index (χ3v) is 4.29. The van der Waals surface area contributed by atoms with Gasteiger partial charge in [0, 0.05) is 5.69 Å². The minimum Gasteiger partial charge on any atom is -0.497 e. The highest BCUT2D eigenvalue weighted by atomic mass is 32.2. The lowest BCUT2D eigenvalue weighted by Crippen LogP contribution is -2.13. The van der Waals surface area contributed by atoms with Gasteiger partial charge in [0.1, 0.15) is 16.2 Å². The van der Waals surface area contributed by atoms with Crippen LogP contribution in [0.2, 0.25) is 0 Å². The maximum absolute atomic E-state index is 12.4. The number of fused-ring (bicyclic) bond motifs is 1. The van der Waals surface area contributed by atoms with E-state index in [1.165, 1.54) is 13.2 Å². The van der Waals surface area contributed by atoms with E-state index in [0.29, 0.717) is 17.0 Å². The number of methoxy groups -OCH3 is 1. The van der Waals surface area contributed by atoms with Gasteiger partial charge in [-0.25, -0.2) is 13.0 Å². The smallest absolute Gasteiger partial charge is 0.264 e. The van der Waals surface area contributed by atoms with Crippen molar-refractivity contribution in [3.05, 3.63) is 42.5 Å². The van der Waals surface area contributed by atoms with Crippen molar-refractivity contribution in [3.8, 4) is 5.75 Å². The number of ether oxygens (including phenoxy) is 1. The van der Waals surface area contributed by atoms with Gasteiger partial charge >= 0.3 is 0 Å². The van der Waals surface area contributed by atoms with Gasteiger partial charge in [0.15, 0.2) is 5.52 Å². The molecular weight excluding hydrogens is 294 g/mol. The molecule has 1 N–H and O–H groups in total. The number of benzene rings is 2. The molecule has 0 bridgehead atoms. The Morgan fingerprint density at radius 1 is 1.10 bits per heavy atom. The number of nitrogens with one attached hydrogen (secondary N) is 1. The van der Waals surface area contributed by atoms with Gasteiger partial charge in [0.25, 0.3) is 10.0 Å². The summed E-state index contributed by atoms with van der Waals surface area (Å²) in [7, 11) is -2.24. The van der Waals surface area contributed by atoms with Crippen LogP contribution < -0.4 is 9.46 Å². The first-order chi connectivity index (χ1) is 10.1. The maximum atomic E-state index is 12.4. The van der Waals surface area contributed by atoms with Crippen LogP contribution in [0.1, 0.15) is 0 Å². The lowest BCUT2D eigenvalue weighted by atomic mass is 10.3. The van der Waals surface area contributed by atoms with Crippen molar-refractivity contribution in [2.75, 3.05) is 11.8 Å². The van der Waals surface area contributed by atoms with Crippen molar-refractivity contribution in [2.24, 2.45) is 0 Å². The Kier molecular flexibility index (Phi) is 3.22. The number of rotatable bonds is 4. The number of hydrogen-bond acceptors (Lipinski definition) is 6. The van der Waals surface area contributed by atoms with Gasteiger partial charge < -0.3 is 4.74 Å². The van der Waals surface area contributed by atoms with Crippen molar-refractivity contribution in [1.82, 2.24) is 10.3 Å². The SMILES string of the molecule is COc1ccc(NS(=O)(=O)c2cccc3nonc23)cc1. The van der Waals surface area contributed by atoms with Gasteiger partial charge in [-0.2, -0.15) is 0 Å². The summed E-state index contributed by atoms with van der Waals surface area (Å²) < 4.78 is 36.9. The topological polar surface area (TPSA) is 94.3 Å². The molecule has 8 heteroatoms. The standard InChI is InChI=1S/C13H11N3O4S/c1-19-10-7-5-9(6-8-10)16-21(17,18)12-4-2-3-11-13(12)15-20-14-11/h2-8,16H,1H3. The van der Waals surface area contributed by atoms with Crippen LogP contribution in [0.3, 0.4) is 0 Å². The molecule has 0 unspecified atom stereocenters. The third-order valence-electron chi connectivity index (χ3n) is 2.88. The molecule has 1 aromatic heterocycles. The van der Waals surface area contributed by atoms with Crippen LogP contribution in [0.25, 0.3) is 11.0 Å². The lowest BCUT2D eigenvalue weighted by molar-refractivity contribution is 0.315. The molecule has 3 rings (SSSR count). The fourth-order valence-corrected chi connectivity index (χ4v) is 3.08. The summed E-state index contributed by atoms with van der Waals surface area (Å²) >= 11 is 0.